The van der Waals surface area contributed by atoms with Crippen molar-refractivity contribution in [3.8, 4) is 0 Å². The standard InChI is InChI=1S/C12H11N3O3S3/c1-19-11-14-12(21-15-11)20-6-9(16)13-8-4-2-7(3-5-8)10(17)18/h2-5H,6H2,1H3,(H,13,16)(H,17,18)/p-1. The fraction of sp³-hybridized carbons (Fsp3) is 0.167. The highest BCUT2D eigenvalue weighted by molar-refractivity contribution is 8.01. The number of nitrogens with one attached hydrogen (secondary N) is 1. The topological polar surface area (TPSA) is 95.0 Å². The molecule has 1 aromatic heterocycles. The van der Waals surface area contributed by atoms with E-state index in [1.807, 2.05) is 6.26 Å². The van der Waals surface area contributed by atoms with E-state index in [2.05, 4.69) is 14.7 Å². The molecule has 0 saturated heterocycles. The number of aromatic carboxylic acids is 1. The molecule has 9 heteroatoms. The van der Waals surface area contributed by atoms with Gasteiger partial charge < -0.3 is 15.2 Å². The molecular weight excluding hydrogens is 330 g/mol. The monoisotopic (exact) mass is 340 g/mol. The first-order valence-electron chi connectivity index (χ1n) is 5.70. The van der Waals surface area contributed by atoms with Gasteiger partial charge in [0.2, 0.25) is 11.1 Å². The zero-order valence-electron chi connectivity index (χ0n) is 10.9. The predicted molar refractivity (Wildman–Crippen MR) is 81.8 cm³/mol. The molecule has 0 unspecified atom stereocenters. The molecule has 2 rings (SSSR count). The normalized spacial score (nSPS) is 10.3. The van der Waals surface area contributed by atoms with Crippen LogP contribution in [0, 0.1) is 0 Å². The number of carboxylic acids is 1. The highest BCUT2D eigenvalue weighted by atomic mass is 32.2. The number of anilines is 1. The lowest BCUT2D eigenvalue weighted by atomic mass is 10.2. The van der Waals surface area contributed by atoms with Crippen molar-refractivity contribution in [2.45, 2.75) is 9.50 Å². The van der Waals surface area contributed by atoms with Gasteiger partial charge in [-0.05, 0) is 35.5 Å². The summed E-state index contributed by atoms with van der Waals surface area (Å²) in [5.74, 6) is -1.22. The Kier molecular flexibility index (Phi) is 5.59. The van der Waals surface area contributed by atoms with E-state index in [9.17, 15) is 14.7 Å². The first-order chi connectivity index (χ1) is 10.1. The van der Waals surface area contributed by atoms with Crippen LogP contribution < -0.4 is 10.4 Å². The second-order valence-electron chi connectivity index (χ2n) is 3.75. The maximum atomic E-state index is 11.8. The number of hydrogen-bond acceptors (Lipinski definition) is 8. The molecule has 6 nitrogen and oxygen atoms in total. The number of carbonyl (C=O) groups excluding carboxylic acids is 2. The maximum absolute atomic E-state index is 11.8. The first-order valence-corrected chi connectivity index (χ1v) is 8.68. The Bertz CT molecular complexity index is 643. The van der Waals surface area contributed by atoms with Crippen LogP contribution in [-0.4, -0.2) is 33.2 Å². The fourth-order valence-corrected chi connectivity index (χ4v) is 3.36. The fourth-order valence-electron chi connectivity index (χ4n) is 1.35. The SMILES string of the molecule is CSc1nsc(SCC(=O)Nc2ccc(C(=O)[O-])cc2)n1. The third-order valence-electron chi connectivity index (χ3n) is 2.30. The first kappa shape index (κ1) is 15.8. The number of hydrogen-bond donors (Lipinski definition) is 1. The Morgan fingerprint density at radius 3 is 2.62 bits per heavy atom. The number of carboxylic acid groups (broad SMARTS) is 1. The molecule has 0 saturated carbocycles. The van der Waals surface area contributed by atoms with E-state index in [0.29, 0.717) is 10.8 Å². The number of rotatable bonds is 6. The molecule has 1 aromatic carbocycles. The Labute approximate surface area is 133 Å². The van der Waals surface area contributed by atoms with Crippen molar-refractivity contribution in [2.75, 3.05) is 17.3 Å². The van der Waals surface area contributed by atoms with E-state index in [-0.39, 0.29) is 17.2 Å². The molecule has 2 aromatic rings. The molecule has 110 valence electrons. The van der Waals surface area contributed by atoms with Crippen LogP contribution >= 0.6 is 35.1 Å². The van der Waals surface area contributed by atoms with Gasteiger partial charge in [0.1, 0.15) is 0 Å². The molecule has 21 heavy (non-hydrogen) atoms. The molecule has 0 aliphatic rings. The van der Waals surface area contributed by atoms with Crippen LogP contribution in [0.25, 0.3) is 0 Å². The minimum atomic E-state index is -1.25. The second-order valence-corrected chi connectivity index (χ2v) is 6.50. The molecule has 1 N–H and O–H groups in total. The average molecular weight is 340 g/mol. The van der Waals surface area contributed by atoms with Crippen LogP contribution in [-0.2, 0) is 4.79 Å². The molecule has 0 aliphatic heterocycles. The molecule has 0 spiro atoms. The number of carbonyl (C=O) groups is 2. The molecule has 0 radical (unpaired) electrons. The largest absolute Gasteiger partial charge is 0.545 e. The Balaban J connectivity index is 1.85. The quantitative estimate of drug-likeness (QED) is 0.793. The van der Waals surface area contributed by atoms with E-state index in [0.717, 1.165) is 4.34 Å². The van der Waals surface area contributed by atoms with E-state index < -0.39 is 5.97 Å². The minimum Gasteiger partial charge on any atom is -0.545 e. The number of nitrogens with zero attached hydrogens (tertiary/aromatic N) is 2. The third-order valence-corrected chi connectivity index (χ3v) is 4.80. The Morgan fingerprint density at radius 1 is 1.33 bits per heavy atom. The smallest absolute Gasteiger partial charge is 0.234 e. The van der Waals surface area contributed by atoms with Gasteiger partial charge >= 0.3 is 0 Å². The van der Waals surface area contributed by atoms with E-state index >= 15 is 0 Å². The summed E-state index contributed by atoms with van der Waals surface area (Å²) in [5.41, 5.74) is 0.605. The molecule has 0 bridgehead atoms. The van der Waals surface area contributed by atoms with Crippen LogP contribution in [0.1, 0.15) is 10.4 Å². The molecule has 1 amide bonds. The maximum Gasteiger partial charge on any atom is 0.234 e. The van der Waals surface area contributed by atoms with Crippen molar-refractivity contribution in [2.24, 2.45) is 0 Å². The van der Waals surface area contributed by atoms with Gasteiger partial charge in [-0.1, -0.05) is 35.7 Å². The molecule has 1 heterocycles. The summed E-state index contributed by atoms with van der Waals surface area (Å²) >= 11 is 4.02. The van der Waals surface area contributed by atoms with Gasteiger partial charge in [0, 0.05) is 5.69 Å². The number of thioether (sulfide) groups is 2. The lowest BCUT2D eigenvalue weighted by Gasteiger charge is -2.06. The van der Waals surface area contributed by atoms with Gasteiger partial charge in [-0.15, -0.1) is 0 Å². The van der Waals surface area contributed by atoms with Crippen LogP contribution in [0.2, 0.25) is 0 Å². The predicted octanol–water partition coefficient (Wildman–Crippen LogP) is 1.35. The van der Waals surface area contributed by atoms with Gasteiger partial charge in [0.15, 0.2) is 4.34 Å². The zero-order valence-corrected chi connectivity index (χ0v) is 13.3. The van der Waals surface area contributed by atoms with Gasteiger partial charge in [0.05, 0.1) is 11.7 Å². The van der Waals surface area contributed by atoms with Gasteiger partial charge in [-0.25, -0.2) is 4.98 Å². The summed E-state index contributed by atoms with van der Waals surface area (Å²) in [7, 11) is 0. The third kappa shape index (κ3) is 4.73. The highest BCUT2D eigenvalue weighted by Gasteiger charge is 2.08. The van der Waals surface area contributed by atoms with Crippen LogP contribution in [0.3, 0.4) is 0 Å². The van der Waals surface area contributed by atoms with Gasteiger partial charge in [-0.2, -0.15) is 4.37 Å². The molecule has 0 aliphatic carbocycles. The summed E-state index contributed by atoms with van der Waals surface area (Å²) < 4.78 is 4.84. The van der Waals surface area contributed by atoms with Gasteiger partial charge in [0.25, 0.3) is 0 Å². The summed E-state index contributed by atoms with van der Waals surface area (Å²) in [6, 6.07) is 5.80. The van der Waals surface area contributed by atoms with Crippen molar-refractivity contribution in [3.63, 3.8) is 0 Å². The van der Waals surface area contributed by atoms with E-state index in [4.69, 9.17) is 0 Å². The minimum absolute atomic E-state index is 0.0702. The van der Waals surface area contributed by atoms with E-state index in [1.165, 1.54) is 59.3 Å². The summed E-state index contributed by atoms with van der Waals surface area (Å²) in [4.78, 5) is 26.6. The molecular formula is C12H10N3O3S3-. The van der Waals surface area contributed by atoms with Crippen molar-refractivity contribution in [3.05, 3.63) is 29.8 Å². The number of amides is 1. The summed E-state index contributed by atoms with van der Waals surface area (Å²) in [6.07, 6.45) is 1.89. The summed E-state index contributed by atoms with van der Waals surface area (Å²) in [5, 5.41) is 14.0. The zero-order chi connectivity index (χ0) is 15.2. The number of benzene rings is 1. The van der Waals surface area contributed by atoms with Crippen molar-refractivity contribution >= 4 is 52.6 Å². The molecule has 0 fully saturated rings. The molecule has 0 atom stereocenters. The van der Waals surface area contributed by atoms with Crippen molar-refractivity contribution in [1.29, 1.82) is 0 Å². The second kappa shape index (κ2) is 7.43. The van der Waals surface area contributed by atoms with Crippen molar-refractivity contribution in [1.82, 2.24) is 9.36 Å². The lowest BCUT2D eigenvalue weighted by Crippen LogP contribution is -2.22. The van der Waals surface area contributed by atoms with Gasteiger partial charge in [-0.3, -0.25) is 4.79 Å². The van der Waals surface area contributed by atoms with Crippen LogP contribution in [0.4, 0.5) is 5.69 Å². The Morgan fingerprint density at radius 2 is 2.05 bits per heavy atom. The highest BCUT2D eigenvalue weighted by Crippen LogP contribution is 2.23. The number of aromatic nitrogens is 2. The van der Waals surface area contributed by atoms with Crippen LogP contribution in [0.15, 0.2) is 33.8 Å². The summed E-state index contributed by atoms with van der Waals surface area (Å²) in [6.45, 7) is 0. The average Bonchev–Trinajstić information content (AvgIpc) is 2.94. The lowest BCUT2D eigenvalue weighted by molar-refractivity contribution is -0.255. The van der Waals surface area contributed by atoms with Crippen molar-refractivity contribution < 1.29 is 14.7 Å². The Hall–Kier alpha value is -1.58. The van der Waals surface area contributed by atoms with E-state index in [1.54, 1.807) is 0 Å². The van der Waals surface area contributed by atoms with Crippen LogP contribution in [0.5, 0.6) is 0 Å².